The van der Waals surface area contributed by atoms with Gasteiger partial charge in [0, 0.05) is 5.92 Å². The maximum absolute atomic E-state index is 12.6. The fourth-order valence-corrected chi connectivity index (χ4v) is 10.6. The zero-order valence-corrected chi connectivity index (χ0v) is 22.7. The Morgan fingerprint density at radius 1 is 0.912 bits per heavy atom. The van der Waals surface area contributed by atoms with Crippen LogP contribution in [0.2, 0.25) is 5.04 Å². The standard InChI is InChI=1S/C26H36O6SSi/c1-19-23(31-33(6,28)29)17-20(25(27)30-5)18-24(19)32-34(26(2,3)4,21-13-9-7-10-14-21)22-15-11-8-12-16-22/h7-16,19-20,23-24H,17-18H2,1-6H3/t19-,20-,23-,24-/m1/s1. The van der Waals surface area contributed by atoms with E-state index in [-0.39, 0.29) is 23.3 Å². The molecule has 0 aliphatic heterocycles. The largest absolute Gasteiger partial charge is 0.469 e. The minimum absolute atomic E-state index is 0.239. The molecule has 8 heteroatoms. The summed E-state index contributed by atoms with van der Waals surface area (Å²) in [4.78, 5) is 12.6. The van der Waals surface area contributed by atoms with E-state index < -0.39 is 36.6 Å². The molecule has 3 rings (SSSR count). The third-order valence-corrected chi connectivity index (χ3v) is 12.4. The van der Waals surface area contributed by atoms with Crippen molar-refractivity contribution in [2.75, 3.05) is 13.4 Å². The third-order valence-electron chi connectivity index (χ3n) is 6.78. The molecule has 2 aromatic carbocycles. The zero-order valence-electron chi connectivity index (χ0n) is 20.9. The molecular formula is C26H36O6SSi. The van der Waals surface area contributed by atoms with Crippen molar-refractivity contribution in [1.29, 1.82) is 0 Å². The van der Waals surface area contributed by atoms with E-state index in [2.05, 4.69) is 45.0 Å². The van der Waals surface area contributed by atoms with Crippen molar-refractivity contribution in [2.24, 2.45) is 11.8 Å². The Hall–Kier alpha value is -2.00. The summed E-state index contributed by atoms with van der Waals surface area (Å²) in [6, 6.07) is 20.5. The van der Waals surface area contributed by atoms with Crippen LogP contribution in [0, 0.1) is 11.8 Å². The van der Waals surface area contributed by atoms with Crippen LogP contribution in [0.3, 0.4) is 0 Å². The lowest BCUT2D eigenvalue weighted by atomic mass is 9.79. The van der Waals surface area contributed by atoms with Gasteiger partial charge in [-0.25, -0.2) is 0 Å². The molecule has 0 aromatic heterocycles. The second-order valence-corrected chi connectivity index (χ2v) is 16.1. The molecule has 0 bridgehead atoms. The number of ether oxygens (including phenoxy) is 1. The Balaban J connectivity index is 2.14. The molecule has 6 nitrogen and oxygen atoms in total. The highest BCUT2D eigenvalue weighted by Crippen LogP contribution is 2.42. The van der Waals surface area contributed by atoms with Crippen molar-refractivity contribution in [3.8, 4) is 0 Å². The Labute approximate surface area is 204 Å². The van der Waals surface area contributed by atoms with Crippen LogP contribution in [0.5, 0.6) is 0 Å². The van der Waals surface area contributed by atoms with Gasteiger partial charge in [-0.2, -0.15) is 8.42 Å². The lowest BCUT2D eigenvalue weighted by Crippen LogP contribution is -2.68. The van der Waals surface area contributed by atoms with Crippen LogP contribution >= 0.6 is 0 Å². The van der Waals surface area contributed by atoms with Crippen LogP contribution in [0.1, 0.15) is 40.5 Å². The topological polar surface area (TPSA) is 78.9 Å². The molecule has 2 aromatic rings. The summed E-state index contributed by atoms with van der Waals surface area (Å²) in [6.07, 6.45) is 0.704. The highest BCUT2D eigenvalue weighted by Gasteiger charge is 2.54. The first-order valence-corrected chi connectivity index (χ1v) is 15.4. The average molecular weight is 505 g/mol. The molecule has 0 saturated heterocycles. The molecule has 186 valence electrons. The van der Waals surface area contributed by atoms with E-state index >= 15 is 0 Å². The predicted octanol–water partition coefficient (Wildman–Crippen LogP) is 3.50. The quantitative estimate of drug-likeness (QED) is 0.326. The van der Waals surface area contributed by atoms with Crippen molar-refractivity contribution in [3.63, 3.8) is 0 Å². The molecule has 1 fully saturated rings. The Morgan fingerprint density at radius 3 is 1.79 bits per heavy atom. The van der Waals surface area contributed by atoms with Crippen LogP contribution < -0.4 is 10.4 Å². The van der Waals surface area contributed by atoms with Crippen LogP contribution in [0.15, 0.2) is 60.7 Å². The minimum Gasteiger partial charge on any atom is -0.469 e. The molecule has 1 aliphatic carbocycles. The second kappa shape index (κ2) is 10.3. The van der Waals surface area contributed by atoms with Crippen molar-refractivity contribution in [2.45, 2.75) is 57.8 Å². The van der Waals surface area contributed by atoms with Gasteiger partial charge in [0.2, 0.25) is 0 Å². The van der Waals surface area contributed by atoms with Gasteiger partial charge in [0.15, 0.2) is 0 Å². The molecule has 34 heavy (non-hydrogen) atoms. The van der Waals surface area contributed by atoms with Crippen LogP contribution in [0.4, 0.5) is 0 Å². The second-order valence-electron chi connectivity index (χ2n) is 10.2. The number of hydrogen-bond acceptors (Lipinski definition) is 6. The maximum Gasteiger partial charge on any atom is 0.308 e. The maximum atomic E-state index is 12.6. The van der Waals surface area contributed by atoms with Crippen molar-refractivity contribution in [1.82, 2.24) is 0 Å². The summed E-state index contributed by atoms with van der Waals surface area (Å²) in [5.41, 5.74) is 0. The molecule has 1 aliphatic rings. The van der Waals surface area contributed by atoms with Gasteiger partial charge in [0.1, 0.15) is 0 Å². The van der Waals surface area contributed by atoms with Gasteiger partial charge in [0.25, 0.3) is 18.4 Å². The molecule has 0 radical (unpaired) electrons. The van der Waals surface area contributed by atoms with Gasteiger partial charge in [0.05, 0.1) is 31.5 Å². The first-order valence-electron chi connectivity index (χ1n) is 11.6. The number of methoxy groups -OCH3 is 1. The lowest BCUT2D eigenvalue weighted by molar-refractivity contribution is -0.150. The molecule has 4 atom stereocenters. The van der Waals surface area contributed by atoms with Gasteiger partial charge in [-0.1, -0.05) is 88.4 Å². The molecular weight excluding hydrogens is 468 g/mol. The SMILES string of the molecule is COC(=O)[C@H]1C[C@@H](O[Si](c2ccccc2)(c2ccccc2)C(C)(C)C)[C@H](C)[C@H](OS(C)(=O)=O)C1. The van der Waals surface area contributed by atoms with E-state index in [9.17, 15) is 13.2 Å². The van der Waals surface area contributed by atoms with Gasteiger partial charge in [-0.3, -0.25) is 8.98 Å². The summed E-state index contributed by atoms with van der Waals surface area (Å²) in [5, 5.41) is 2.00. The monoisotopic (exact) mass is 504 g/mol. The van der Waals surface area contributed by atoms with E-state index in [1.807, 2.05) is 43.3 Å². The third kappa shape index (κ3) is 5.62. The number of benzene rings is 2. The van der Waals surface area contributed by atoms with Gasteiger partial charge >= 0.3 is 5.97 Å². The van der Waals surface area contributed by atoms with Crippen LogP contribution in [0.25, 0.3) is 0 Å². The smallest absolute Gasteiger partial charge is 0.308 e. The fraction of sp³-hybridized carbons (Fsp3) is 0.500. The summed E-state index contributed by atoms with van der Waals surface area (Å²) >= 11 is 0. The first kappa shape index (κ1) is 26.6. The number of carbonyl (C=O) groups excluding carboxylic acids is 1. The number of esters is 1. The van der Waals surface area contributed by atoms with E-state index in [0.717, 1.165) is 16.6 Å². The van der Waals surface area contributed by atoms with Gasteiger partial charge in [-0.15, -0.1) is 0 Å². The normalized spacial score (nSPS) is 23.9. The average Bonchev–Trinajstić information content (AvgIpc) is 2.78. The Kier molecular flexibility index (Phi) is 8.07. The van der Waals surface area contributed by atoms with Gasteiger partial charge in [-0.05, 0) is 28.3 Å². The number of hydrogen-bond donors (Lipinski definition) is 0. The van der Waals surface area contributed by atoms with Crippen molar-refractivity contribution >= 4 is 34.8 Å². The summed E-state index contributed by atoms with van der Waals surface area (Å²) in [5.74, 6) is -1.11. The zero-order chi connectivity index (χ0) is 25.1. The molecule has 0 spiro atoms. The van der Waals surface area contributed by atoms with E-state index in [0.29, 0.717) is 6.42 Å². The van der Waals surface area contributed by atoms with Crippen LogP contribution in [-0.2, 0) is 28.3 Å². The van der Waals surface area contributed by atoms with Crippen molar-refractivity contribution < 1.29 is 26.6 Å². The lowest BCUT2D eigenvalue weighted by Gasteiger charge is -2.48. The summed E-state index contributed by atoms with van der Waals surface area (Å²) < 4.78 is 41.8. The fourth-order valence-electron chi connectivity index (χ4n) is 5.11. The van der Waals surface area contributed by atoms with Crippen LogP contribution in [-0.4, -0.2) is 48.3 Å². The highest BCUT2D eigenvalue weighted by atomic mass is 32.2. The highest BCUT2D eigenvalue weighted by molar-refractivity contribution is 7.86. The number of rotatable bonds is 7. The van der Waals surface area contributed by atoms with Gasteiger partial charge < -0.3 is 9.16 Å². The summed E-state index contributed by atoms with van der Waals surface area (Å²) in [7, 11) is -5.26. The molecule has 0 N–H and O–H groups in total. The molecule has 0 unspecified atom stereocenters. The van der Waals surface area contributed by atoms with E-state index in [1.165, 1.54) is 7.11 Å². The first-order chi connectivity index (χ1) is 15.9. The minimum atomic E-state index is -3.71. The Bertz CT molecular complexity index is 1030. The molecule has 0 heterocycles. The molecule has 0 amide bonds. The van der Waals surface area contributed by atoms with E-state index in [4.69, 9.17) is 13.3 Å². The summed E-state index contributed by atoms with van der Waals surface area (Å²) in [6.45, 7) is 8.52. The molecule has 1 saturated carbocycles. The van der Waals surface area contributed by atoms with Crippen molar-refractivity contribution in [3.05, 3.63) is 60.7 Å². The Morgan fingerprint density at radius 2 is 1.38 bits per heavy atom. The number of carbonyl (C=O) groups is 1. The predicted molar refractivity (Wildman–Crippen MR) is 136 cm³/mol. The van der Waals surface area contributed by atoms with E-state index in [1.54, 1.807) is 0 Å².